The first kappa shape index (κ1) is 19.2. The largest absolute Gasteiger partial charge is 0.497 e. The van der Waals surface area contributed by atoms with E-state index in [4.69, 9.17) is 24.7 Å². The Kier molecular flexibility index (Phi) is 6.13. The number of nitrogens with zero attached hydrogens (tertiary/aromatic N) is 1. The van der Waals surface area contributed by atoms with E-state index in [0.717, 1.165) is 16.9 Å². The number of carbonyl (C=O) groups is 1. The van der Waals surface area contributed by atoms with Crippen molar-refractivity contribution in [1.29, 1.82) is 0 Å². The number of hydrogen-bond donors (Lipinski definition) is 3. The topological polar surface area (TPSA) is 120 Å². The van der Waals surface area contributed by atoms with Crippen molar-refractivity contribution in [2.24, 2.45) is 5.73 Å². The lowest BCUT2D eigenvalue weighted by atomic mass is 10.1. The maximum absolute atomic E-state index is 10.8. The minimum Gasteiger partial charge on any atom is -0.497 e. The summed E-state index contributed by atoms with van der Waals surface area (Å²) in [5.74, 6) is 2.24. The van der Waals surface area contributed by atoms with Crippen molar-refractivity contribution in [3.05, 3.63) is 54.4 Å². The van der Waals surface area contributed by atoms with E-state index in [2.05, 4.69) is 10.3 Å². The maximum Gasteiger partial charge on any atom is 0.405 e. The first-order chi connectivity index (χ1) is 13.6. The van der Waals surface area contributed by atoms with Gasteiger partial charge in [0.1, 0.15) is 23.8 Å². The number of benzene rings is 2. The second kappa shape index (κ2) is 8.92. The molecule has 0 aliphatic carbocycles. The van der Waals surface area contributed by atoms with Crippen molar-refractivity contribution in [1.82, 2.24) is 10.3 Å². The van der Waals surface area contributed by atoms with Gasteiger partial charge in [-0.1, -0.05) is 0 Å². The summed E-state index contributed by atoms with van der Waals surface area (Å²) in [6.07, 6.45) is -1.15. The van der Waals surface area contributed by atoms with Crippen molar-refractivity contribution in [2.45, 2.75) is 6.54 Å². The van der Waals surface area contributed by atoms with Gasteiger partial charge in [-0.2, -0.15) is 0 Å². The zero-order valence-electron chi connectivity index (χ0n) is 15.3. The molecular weight excluding hydrogens is 362 g/mol. The molecule has 3 aromatic rings. The molecule has 0 saturated carbocycles. The molecule has 0 fully saturated rings. The third-order valence-electron chi connectivity index (χ3n) is 3.93. The van der Waals surface area contributed by atoms with Gasteiger partial charge in [0.05, 0.1) is 13.7 Å². The second-order valence-corrected chi connectivity index (χ2v) is 5.83. The Bertz CT molecular complexity index is 920. The van der Waals surface area contributed by atoms with Crippen LogP contribution in [-0.4, -0.2) is 36.4 Å². The van der Waals surface area contributed by atoms with E-state index in [9.17, 15) is 4.79 Å². The Labute approximate surface area is 161 Å². The lowest BCUT2D eigenvalue weighted by molar-refractivity contribution is 0.192. The third-order valence-corrected chi connectivity index (χ3v) is 3.93. The Morgan fingerprint density at radius 3 is 2.36 bits per heavy atom. The molecule has 28 heavy (non-hydrogen) atoms. The van der Waals surface area contributed by atoms with Crippen LogP contribution in [0.25, 0.3) is 22.6 Å². The average Bonchev–Trinajstić information content (AvgIpc) is 3.15. The number of ether oxygens (including phenoxy) is 2. The number of carboxylic acid groups (broad SMARTS) is 1. The van der Waals surface area contributed by atoms with Crippen molar-refractivity contribution in [3.63, 3.8) is 0 Å². The molecule has 0 bridgehead atoms. The van der Waals surface area contributed by atoms with Crippen LogP contribution in [0, 0.1) is 0 Å². The van der Waals surface area contributed by atoms with Gasteiger partial charge in [-0.05, 0) is 48.5 Å². The number of nitrogens with one attached hydrogen (secondary N) is 1. The van der Waals surface area contributed by atoms with Gasteiger partial charge in [0, 0.05) is 17.7 Å². The molecule has 8 heteroatoms. The summed E-state index contributed by atoms with van der Waals surface area (Å²) in [6, 6.07) is 14.7. The number of oxazole rings is 1. The monoisotopic (exact) mass is 383 g/mol. The first-order valence-corrected chi connectivity index (χ1v) is 8.65. The highest BCUT2D eigenvalue weighted by atomic mass is 16.5. The van der Waals surface area contributed by atoms with Crippen LogP contribution in [0.15, 0.2) is 52.9 Å². The molecule has 0 unspecified atom stereocenters. The molecule has 2 aromatic carbocycles. The maximum atomic E-state index is 10.8. The van der Waals surface area contributed by atoms with Gasteiger partial charge in [0.25, 0.3) is 0 Å². The van der Waals surface area contributed by atoms with Crippen molar-refractivity contribution in [3.8, 4) is 34.1 Å². The second-order valence-electron chi connectivity index (χ2n) is 5.83. The fourth-order valence-corrected chi connectivity index (χ4v) is 2.61. The van der Waals surface area contributed by atoms with Crippen molar-refractivity contribution >= 4 is 6.09 Å². The van der Waals surface area contributed by atoms with E-state index in [1.807, 2.05) is 48.5 Å². The van der Waals surface area contributed by atoms with Crippen LogP contribution < -0.4 is 20.5 Å². The molecule has 0 spiro atoms. The minimum atomic E-state index is -1.15. The molecule has 1 heterocycles. The molecule has 0 aliphatic heterocycles. The molecule has 0 saturated heterocycles. The Hall–Kier alpha value is -3.52. The molecular formula is C20H21N3O5. The SMILES string of the molecule is COc1ccc(-c2nc(CNC(=O)O)oc2-c2ccc(OCCN)cc2)cc1. The Morgan fingerprint density at radius 1 is 1.11 bits per heavy atom. The number of aromatic nitrogens is 1. The smallest absolute Gasteiger partial charge is 0.405 e. The summed E-state index contributed by atoms with van der Waals surface area (Å²) in [4.78, 5) is 15.3. The summed E-state index contributed by atoms with van der Waals surface area (Å²) in [7, 11) is 1.60. The normalized spacial score (nSPS) is 10.5. The predicted molar refractivity (Wildman–Crippen MR) is 103 cm³/mol. The molecule has 0 radical (unpaired) electrons. The Balaban J connectivity index is 1.95. The molecule has 0 aliphatic rings. The molecule has 1 aromatic heterocycles. The average molecular weight is 383 g/mol. The molecule has 8 nitrogen and oxygen atoms in total. The lowest BCUT2D eigenvalue weighted by Gasteiger charge is -2.06. The number of methoxy groups -OCH3 is 1. The van der Waals surface area contributed by atoms with Gasteiger partial charge >= 0.3 is 6.09 Å². The van der Waals surface area contributed by atoms with E-state index in [1.165, 1.54) is 0 Å². The summed E-state index contributed by atoms with van der Waals surface area (Å²) in [5, 5.41) is 11.1. The number of amides is 1. The van der Waals surface area contributed by atoms with E-state index in [1.54, 1.807) is 7.11 Å². The summed E-state index contributed by atoms with van der Waals surface area (Å²) < 4.78 is 16.5. The van der Waals surface area contributed by atoms with Crippen LogP contribution in [0.3, 0.4) is 0 Å². The highest BCUT2D eigenvalue weighted by Gasteiger charge is 2.17. The van der Waals surface area contributed by atoms with Crippen molar-refractivity contribution in [2.75, 3.05) is 20.3 Å². The van der Waals surface area contributed by atoms with Crippen molar-refractivity contribution < 1.29 is 23.8 Å². The van der Waals surface area contributed by atoms with Crippen LogP contribution in [-0.2, 0) is 6.54 Å². The molecule has 3 rings (SSSR count). The quantitative estimate of drug-likeness (QED) is 0.546. The van der Waals surface area contributed by atoms with Gasteiger partial charge in [0.15, 0.2) is 5.76 Å². The third kappa shape index (κ3) is 4.60. The first-order valence-electron chi connectivity index (χ1n) is 8.65. The Morgan fingerprint density at radius 2 is 1.75 bits per heavy atom. The van der Waals surface area contributed by atoms with Gasteiger partial charge in [-0.25, -0.2) is 9.78 Å². The van der Waals surface area contributed by atoms with E-state index >= 15 is 0 Å². The zero-order valence-corrected chi connectivity index (χ0v) is 15.3. The van der Waals surface area contributed by atoms with Crippen LogP contribution in [0.1, 0.15) is 5.89 Å². The molecule has 146 valence electrons. The number of rotatable bonds is 8. The standard InChI is InChI=1S/C20H21N3O5/c1-26-15-6-2-13(3-7-15)18-19(28-17(23-18)12-22-20(24)25)14-4-8-16(9-5-14)27-11-10-21/h2-9,22H,10-12,21H2,1H3,(H,24,25). The zero-order chi connectivity index (χ0) is 19.9. The molecule has 1 amide bonds. The van der Waals surface area contributed by atoms with Crippen LogP contribution in [0.4, 0.5) is 4.79 Å². The number of nitrogens with two attached hydrogens (primary N) is 1. The highest BCUT2D eigenvalue weighted by Crippen LogP contribution is 2.34. The van der Waals surface area contributed by atoms with E-state index < -0.39 is 6.09 Å². The molecule has 4 N–H and O–H groups in total. The number of hydrogen-bond acceptors (Lipinski definition) is 6. The van der Waals surface area contributed by atoms with E-state index in [0.29, 0.717) is 30.4 Å². The predicted octanol–water partition coefficient (Wildman–Crippen LogP) is 3.12. The van der Waals surface area contributed by atoms with Crippen LogP contribution in [0.5, 0.6) is 11.5 Å². The van der Waals surface area contributed by atoms with Gasteiger partial charge < -0.3 is 30.0 Å². The van der Waals surface area contributed by atoms with Gasteiger partial charge in [0.2, 0.25) is 5.89 Å². The highest BCUT2D eigenvalue weighted by molar-refractivity contribution is 5.77. The molecule has 0 atom stereocenters. The van der Waals surface area contributed by atoms with Gasteiger partial charge in [-0.3, -0.25) is 0 Å². The minimum absolute atomic E-state index is 0.0316. The summed E-state index contributed by atoms with van der Waals surface area (Å²) in [5.41, 5.74) is 7.68. The van der Waals surface area contributed by atoms with Crippen LogP contribution in [0.2, 0.25) is 0 Å². The fourth-order valence-electron chi connectivity index (χ4n) is 2.61. The van der Waals surface area contributed by atoms with Crippen LogP contribution >= 0.6 is 0 Å². The summed E-state index contributed by atoms with van der Waals surface area (Å²) in [6.45, 7) is 0.839. The van der Waals surface area contributed by atoms with Gasteiger partial charge in [-0.15, -0.1) is 0 Å². The fraction of sp³-hybridized carbons (Fsp3) is 0.200. The summed E-state index contributed by atoms with van der Waals surface area (Å²) >= 11 is 0. The van der Waals surface area contributed by atoms with E-state index in [-0.39, 0.29) is 12.4 Å². The lowest BCUT2D eigenvalue weighted by Crippen LogP contribution is -2.20.